The van der Waals surface area contributed by atoms with Gasteiger partial charge in [-0.1, -0.05) is 24.3 Å². The zero-order chi connectivity index (χ0) is 8.27. The quantitative estimate of drug-likeness (QED) is 0.638. The molecule has 0 heterocycles. The molecule has 0 N–H and O–H groups in total. The Hall–Kier alpha value is -0.240. The van der Waals surface area contributed by atoms with Crippen molar-refractivity contribution in [3.63, 3.8) is 0 Å². The number of alkyl halides is 2. The number of hydrogen-bond donors (Lipinski definition) is 0. The third kappa shape index (κ3) is 2.09. The third-order valence-electron chi connectivity index (χ3n) is 1.45. The first-order valence-corrected chi connectivity index (χ1v) is 4.07. The molecule has 0 atom stereocenters. The Labute approximate surface area is 75.6 Å². The Kier molecular flexibility index (Phi) is 3.18. The van der Waals surface area contributed by atoms with Crippen molar-refractivity contribution in [2.24, 2.45) is 0 Å². The number of rotatable bonds is 2. The predicted molar refractivity (Wildman–Crippen MR) is 45.3 cm³/mol. The highest BCUT2D eigenvalue weighted by molar-refractivity contribution is 6.44. The summed E-state index contributed by atoms with van der Waals surface area (Å²) in [4.78, 5) is -0.597. The van der Waals surface area contributed by atoms with Gasteiger partial charge in [0.15, 0.2) is 0 Å². The number of halogens is 2. The van der Waals surface area contributed by atoms with Crippen LogP contribution in [0.1, 0.15) is 16.0 Å². The minimum absolute atomic E-state index is 0.272. The van der Waals surface area contributed by atoms with Crippen molar-refractivity contribution in [3.8, 4) is 0 Å². The molecule has 1 radical (unpaired) electrons. The molecule has 1 rings (SSSR count). The molecule has 59 valence electrons. The Balaban J connectivity index is 3.02. The van der Waals surface area contributed by atoms with Gasteiger partial charge in [0.1, 0.15) is 11.4 Å². The summed E-state index contributed by atoms with van der Waals surface area (Å²) in [5.74, 6) is 0. The zero-order valence-corrected chi connectivity index (χ0v) is 7.27. The zero-order valence-electron chi connectivity index (χ0n) is 5.76. The van der Waals surface area contributed by atoms with Crippen LogP contribution in [0.15, 0.2) is 24.3 Å². The average molecular weight is 190 g/mol. The van der Waals surface area contributed by atoms with E-state index in [1.165, 1.54) is 0 Å². The maximum Gasteiger partial charge on any atom is 0.133 e. The first-order valence-electron chi connectivity index (χ1n) is 3.19. The molecule has 0 aromatic heterocycles. The molecule has 1 nitrogen and oxygen atoms in total. The lowest BCUT2D eigenvalue weighted by molar-refractivity contribution is 0.177. The summed E-state index contributed by atoms with van der Waals surface area (Å²) in [6.45, 7) is -0.272. The van der Waals surface area contributed by atoms with Crippen molar-refractivity contribution < 1.29 is 5.11 Å². The fourth-order valence-corrected chi connectivity index (χ4v) is 1.30. The van der Waals surface area contributed by atoms with E-state index in [1.54, 1.807) is 18.2 Å². The van der Waals surface area contributed by atoms with Crippen molar-refractivity contribution >= 4 is 23.2 Å². The second-order valence-corrected chi connectivity index (χ2v) is 3.24. The molecule has 0 unspecified atom stereocenters. The van der Waals surface area contributed by atoms with Crippen molar-refractivity contribution in [1.29, 1.82) is 0 Å². The molecule has 3 heteroatoms. The van der Waals surface area contributed by atoms with Crippen molar-refractivity contribution in [2.75, 3.05) is 0 Å². The summed E-state index contributed by atoms with van der Waals surface area (Å²) >= 11 is 11.2. The van der Waals surface area contributed by atoms with Gasteiger partial charge in [0.05, 0.1) is 0 Å². The van der Waals surface area contributed by atoms with Crippen LogP contribution in [0.5, 0.6) is 0 Å². The fraction of sp³-hybridized carbons (Fsp3) is 0.250. The molecule has 0 amide bonds. The Morgan fingerprint density at radius 3 is 2.36 bits per heavy atom. The largest absolute Gasteiger partial charge is 0.232 e. The maximum atomic E-state index is 10.5. The monoisotopic (exact) mass is 189 g/mol. The molecular formula is C8H7Cl2O. The first kappa shape index (κ1) is 8.85. The van der Waals surface area contributed by atoms with Gasteiger partial charge in [-0.2, -0.15) is 0 Å². The van der Waals surface area contributed by atoms with Crippen molar-refractivity contribution in [1.82, 2.24) is 0 Å². The van der Waals surface area contributed by atoms with E-state index in [1.807, 2.05) is 6.07 Å². The van der Waals surface area contributed by atoms with Crippen LogP contribution in [-0.4, -0.2) is 0 Å². The van der Waals surface area contributed by atoms with Gasteiger partial charge in [0.25, 0.3) is 0 Å². The molecule has 0 saturated carbocycles. The minimum atomic E-state index is -0.597. The number of hydrogen-bond acceptors (Lipinski definition) is 0. The summed E-state index contributed by atoms with van der Waals surface area (Å²) in [5, 5.41) is 10.5. The molecule has 11 heavy (non-hydrogen) atoms. The smallest absolute Gasteiger partial charge is 0.133 e. The Morgan fingerprint density at radius 1 is 1.27 bits per heavy atom. The Bertz CT molecular complexity index is 235. The van der Waals surface area contributed by atoms with E-state index in [0.717, 1.165) is 0 Å². The second-order valence-electron chi connectivity index (χ2n) is 2.14. The molecule has 1 aromatic rings. The van der Waals surface area contributed by atoms with Crippen LogP contribution < -0.4 is 0 Å². The number of benzene rings is 1. The summed E-state index contributed by atoms with van der Waals surface area (Å²) in [5.41, 5.74) is 1.38. The van der Waals surface area contributed by atoms with E-state index in [9.17, 15) is 5.11 Å². The summed E-state index contributed by atoms with van der Waals surface area (Å²) in [7, 11) is 0. The fourth-order valence-electron chi connectivity index (χ4n) is 0.879. The van der Waals surface area contributed by atoms with Crippen LogP contribution in [-0.2, 0) is 11.7 Å². The van der Waals surface area contributed by atoms with Crippen LogP contribution in [0.4, 0.5) is 0 Å². The van der Waals surface area contributed by atoms with Crippen LogP contribution >= 0.6 is 23.2 Å². The Morgan fingerprint density at radius 2 is 1.91 bits per heavy atom. The topological polar surface area (TPSA) is 19.9 Å². The van der Waals surface area contributed by atoms with E-state index in [-0.39, 0.29) is 6.61 Å². The molecule has 0 saturated heterocycles. The predicted octanol–water partition coefficient (Wildman–Crippen LogP) is 3.09. The van der Waals surface area contributed by atoms with Gasteiger partial charge < -0.3 is 0 Å². The SMILES string of the molecule is [O]Cc1ccccc1C(Cl)Cl. The van der Waals surface area contributed by atoms with E-state index in [0.29, 0.717) is 11.1 Å². The molecule has 0 aliphatic rings. The van der Waals surface area contributed by atoms with Crippen LogP contribution in [0.3, 0.4) is 0 Å². The van der Waals surface area contributed by atoms with E-state index >= 15 is 0 Å². The summed E-state index contributed by atoms with van der Waals surface area (Å²) in [6.07, 6.45) is 0. The summed E-state index contributed by atoms with van der Waals surface area (Å²) in [6, 6.07) is 7.11. The van der Waals surface area contributed by atoms with Gasteiger partial charge in [0.2, 0.25) is 0 Å². The van der Waals surface area contributed by atoms with E-state index in [2.05, 4.69) is 0 Å². The molecule has 0 aliphatic heterocycles. The lowest BCUT2D eigenvalue weighted by Gasteiger charge is -2.05. The van der Waals surface area contributed by atoms with Gasteiger partial charge in [-0.15, -0.1) is 23.2 Å². The van der Waals surface area contributed by atoms with Gasteiger partial charge in [-0.25, -0.2) is 5.11 Å². The van der Waals surface area contributed by atoms with Crippen molar-refractivity contribution in [3.05, 3.63) is 35.4 Å². The van der Waals surface area contributed by atoms with Gasteiger partial charge in [0, 0.05) is 0 Å². The molecule has 0 spiro atoms. The first-order chi connectivity index (χ1) is 5.25. The van der Waals surface area contributed by atoms with Gasteiger partial charge in [-0.05, 0) is 11.1 Å². The third-order valence-corrected chi connectivity index (χ3v) is 1.92. The van der Waals surface area contributed by atoms with Crippen LogP contribution in [0, 0.1) is 0 Å². The maximum absolute atomic E-state index is 10.5. The van der Waals surface area contributed by atoms with Crippen LogP contribution in [0.25, 0.3) is 0 Å². The average Bonchev–Trinajstić information content (AvgIpc) is 2.04. The summed E-state index contributed by atoms with van der Waals surface area (Å²) < 4.78 is 0. The lowest BCUT2D eigenvalue weighted by Crippen LogP contribution is -1.90. The van der Waals surface area contributed by atoms with Crippen molar-refractivity contribution in [2.45, 2.75) is 11.4 Å². The lowest BCUT2D eigenvalue weighted by atomic mass is 10.1. The van der Waals surface area contributed by atoms with E-state index < -0.39 is 4.84 Å². The molecule has 0 fully saturated rings. The molecule has 1 aromatic carbocycles. The standard InChI is InChI=1S/C8H7Cl2O/c9-8(10)7-4-2-1-3-6(7)5-11/h1-4,8H,5H2. The second kappa shape index (κ2) is 3.96. The normalized spacial score (nSPS) is 10.5. The van der Waals surface area contributed by atoms with Gasteiger partial charge >= 0.3 is 0 Å². The minimum Gasteiger partial charge on any atom is -0.232 e. The van der Waals surface area contributed by atoms with Gasteiger partial charge in [-0.3, -0.25) is 0 Å². The van der Waals surface area contributed by atoms with Crippen LogP contribution in [0.2, 0.25) is 0 Å². The molecule has 0 bridgehead atoms. The molecule has 0 aliphatic carbocycles. The highest BCUT2D eigenvalue weighted by atomic mass is 35.5. The highest BCUT2D eigenvalue weighted by Gasteiger charge is 2.07. The molecular weight excluding hydrogens is 183 g/mol. The van der Waals surface area contributed by atoms with E-state index in [4.69, 9.17) is 23.2 Å². The highest BCUT2D eigenvalue weighted by Crippen LogP contribution is 2.27.